The molecule has 2 aliphatic rings. The van der Waals surface area contributed by atoms with Crippen molar-refractivity contribution < 1.29 is 27.1 Å². The Labute approximate surface area is 210 Å². The highest BCUT2D eigenvalue weighted by atomic mass is 79.9. The second-order valence-corrected chi connectivity index (χ2v) is 12.1. The molecule has 2 fully saturated rings. The lowest BCUT2D eigenvalue weighted by molar-refractivity contribution is -0.117. The van der Waals surface area contributed by atoms with Crippen LogP contribution in [0.1, 0.15) is 19.4 Å². The number of nitrogens with zero attached hydrogens (tertiary/aromatic N) is 2. The molecule has 7 nitrogen and oxygen atoms in total. The number of benzene rings is 2. The molecule has 0 spiro atoms. The van der Waals surface area contributed by atoms with Crippen LogP contribution in [-0.4, -0.2) is 55.5 Å². The number of amides is 1. The molecule has 0 aromatic heterocycles. The third-order valence-corrected chi connectivity index (χ3v) is 9.27. The number of sulfone groups is 1. The predicted molar refractivity (Wildman–Crippen MR) is 135 cm³/mol. The molecule has 4 rings (SSSR count). The van der Waals surface area contributed by atoms with Crippen LogP contribution in [0.4, 0.5) is 10.1 Å². The van der Waals surface area contributed by atoms with Gasteiger partial charge in [-0.3, -0.25) is 4.79 Å². The summed E-state index contributed by atoms with van der Waals surface area (Å²) in [6, 6.07) is 8.89. The highest BCUT2D eigenvalue weighted by Crippen LogP contribution is 2.46. The summed E-state index contributed by atoms with van der Waals surface area (Å²) in [4.78, 5) is 18.9. The Kier molecular flexibility index (Phi) is 7.54. The van der Waals surface area contributed by atoms with Gasteiger partial charge in [0.2, 0.25) is 0 Å². The van der Waals surface area contributed by atoms with Gasteiger partial charge in [0.1, 0.15) is 5.82 Å². The minimum absolute atomic E-state index is 0.0143. The Morgan fingerprint density at radius 2 is 1.79 bits per heavy atom. The zero-order chi connectivity index (χ0) is 24.5. The van der Waals surface area contributed by atoms with E-state index >= 15 is 0 Å². The fraction of sp³-hybridized carbons (Fsp3) is 0.391. The van der Waals surface area contributed by atoms with Crippen molar-refractivity contribution in [3.8, 4) is 11.5 Å². The van der Waals surface area contributed by atoms with Crippen molar-refractivity contribution in [2.24, 2.45) is 4.99 Å². The molecule has 0 radical (unpaired) electrons. The van der Waals surface area contributed by atoms with E-state index in [0.29, 0.717) is 45.6 Å². The molecule has 0 bridgehead atoms. The van der Waals surface area contributed by atoms with Gasteiger partial charge in [0.15, 0.2) is 26.5 Å². The lowest BCUT2D eigenvalue weighted by Crippen LogP contribution is -2.38. The quantitative estimate of drug-likeness (QED) is 0.492. The minimum atomic E-state index is -3.21. The summed E-state index contributed by atoms with van der Waals surface area (Å²) in [7, 11) is -3.21. The number of carbonyl (C=O) groups is 1. The molecule has 2 aromatic rings. The lowest BCUT2D eigenvalue weighted by atomic mass is 10.1. The molecule has 0 unspecified atom stereocenters. The lowest BCUT2D eigenvalue weighted by Gasteiger charge is -2.27. The van der Waals surface area contributed by atoms with Gasteiger partial charge in [-0.25, -0.2) is 12.8 Å². The average Bonchev–Trinajstić information content (AvgIpc) is 3.22. The Balaban J connectivity index is 1.71. The van der Waals surface area contributed by atoms with Crippen molar-refractivity contribution in [2.45, 2.75) is 31.6 Å². The van der Waals surface area contributed by atoms with Gasteiger partial charge in [0, 0.05) is 21.9 Å². The standard InChI is InChI=1S/C23H24BrFN2O5S2/c1-3-31-19-10-16(24)17(11-20(19)32-4-2)27-18-12-34(29,30)13-21(18)33-23(27)26-22(28)9-14-5-7-15(25)8-6-14/h5-8,10-11,18,21H,3-4,9,12-13H2,1-2H3/t18-,21+/m1/s1. The van der Waals surface area contributed by atoms with Gasteiger partial charge in [-0.05, 0) is 47.5 Å². The van der Waals surface area contributed by atoms with Crippen LogP contribution in [0.25, 0.3) is 0 Å². The molecule has 2 aromatic carbocycles. The number of halogens is 2. The van der Waals surface area contributed by atoms with Gasteiger partial charge in [-0.1, -0.05) is 23.9 Å². The maximum absolute atomic E-state index is 13.2. The molecule has 0 N–H and O–H groups in total. The first kappa shape index (κ1) is 25.0. The van der Waals surface area contributed by atoms with Crippen molar-refractivity contribution in [2.75, 3.05) is 29.6 Å². The Morgan fingerprint density at radius 3 is 2.44 bits per heavy atom. The third kappa shape index (κ3) is 5.41. The second kappa shape index (κ2) is 10.2. The highest BCUT2D eigenvalue weighted by molar-refractivity contribution is 9.10. The molecule has 2 atom stereocenters. The summed E-state index contributed by atoms with van der Waals surface area (Å²) in [5.41, 5.74) is 1.30. The summed E-state index contributed by atoms with van der Waals surface area (Å²) >= 11 is 4.87. The topological polar surface area (TPSA) is 85.3 Å². The molecular weight excluding hydrogens is 547 g/mol. The first-order chi connectivity index (χ1) is 16.2. The van der Waals surface area contributed by atoms with E-state index in [1.165, 1.54) is 23.9 Å². The van der Waals surface area contributed by atoms with E-state index in [4.69, 9.17) is 9.47 Å². The summed E-state index contributed by atoms with van der Waals surface area (Å²) < 4.78 is 50.1. The number of anilines is 1. The van der Waals surface area contributed by atoms with Crippen LogP contribution in [0.2, 0.25) is 0 Å². The molecule has 1 amide bonds. The van der Waals surface area contributed by atoms with E-state index in [0.717, 1.165) is 0 Å². The third-order valence-electron chi connectivity index (χ3n) is 5.43. The molecule has 2 aliphatic heterocycles. The molecular formula is C23H24BrFN2O5S2. The maximum atomic E-state index is 13.2. The first-order valence-electron chi connectivity index (χ1n) is 10.8. The average molecular weight is 571 g/mol. The molecule has 2 saturated heterocycles. The molecule has 0 saturated carbocycles. The molecule has 11 heteroatoms. The van der Waals surface area contributed by atoms with E-state index in [-0.39, 0.29) is 35.0 Å². The highest BCUT2D eigenvalue weighted by Gasteiger charge is 2.50. The van der Waals surface area contributed by atoms with Crippen LogP contribution < -0.4 is 14.4 Å². The summed E-state index contributed by atoms with van der Waals surface area (Å²) in [6.07, 6.45) is 0.0143. The van der Waals surface area contributed by atoms with Gasteiger partial charge in [-0.2, -0.15) is 4.99 Å². The number of hydrogen-bond donors (Lipinski definition) is 0. The maximum Gasteiger partial charge on any atom is 0.252 e. The van der Waals surface area contributed by atoms with Crippen LogP contribution in [0, 0.1) is 5.82 Å². The fourth-order valence-electron chi connectivity index (χ4n) is 4.01. The number of ether oxygens (including phenoxy) is 2. The number of amidine groups is 1. The Hall–Kier alpha value is -2.11. The van der Waals surface area contributed by atoms with Crippen LogP contribution >= 0.6 is 27.7 Å². The second-order valence-electron chi connectivity index (χ2n) is 7.88. The van der Waals surface area contributed by atoms with Crippen molar-refractivity contribution >= 4 is 54.3 Å². The van der Waals surface area contributed by atoms with Gasteiger partial charge < -0.3 is 14.4 Å². The largest absolute Gasteiger partial charge is 0.490 e. The molecule has 34 heavy (non-hydrogen) atoms. The number of thioether (sulfide) groups is 1. The monoisotopic (exact) mass is 570 g/mol. The number of hydrogen-bond acceptors (Lipinski definition) is 6. The fourth-order valence-corrected chi connectivity index (χ4v) is 8.45. The van der Waals surface area contributed by atoms with Gasteiger partial charge in [0.05, 0.1) is 42.9 Å². The SMILES string of the molecule is CCOc1cc(Br)c(N2C(=NC(=O)Cc3ccc(F)cc3)S[C@H]3CS(=O)(=O)C[C@H]32)cc1OCC. The molecule has 0 aliphatic carbocycles. The van der Waals surface area contributed by atoms with E-state index in [9.17, 15) is 17.6 Å². The number of fused-ring (bicyclic) bond motifs is 1. The van der Waals surface area contributed by atoms with E-state index < -0.39 is 15.7 Å². The van der Waals surface area contributed by atoms with E-state index in [1.807, 2.05) is 18.7 Å². The minimum Gasteiger partial charge on any atom is -0.490 e. The van der Waals surface area contributed by atoms with Crippen LogP contribution in [0.5, 0.6) is 11.5 Å². The summed E-state index contributed by atoms with van der Waals surface area (Å²) in [5, 5.41) is 0.195. The van der Waals surface area contributed by atoms with Crippen molar-refractivity contribution in [3.05, 3.63) is 52.3 Å². The molecule has 182 valence electrons. The zero-order valence-electron chi connectivity index (χ0n) is 18.7. The van der Waals surface area contributed by atoms with Crippen LogP contribution in [-0.2, 0) is 21.1 Å². The van der Waals surface area contributed by atoms with Crippen LogP contribution in [0.3, 0.4) is 0 Å². The first-order valence-corrected chi connectivity index (χ1v) is 14.3. The summed E-state index contributed by atoms with van der Waals surface area (Å²) in [5.74, 6) is 0.312. The smallest absolute Gasteiger partial charge is 0.252 e. The van der Waals surface area contributed by atoms with Gasteiger partial charge in [0.25, 0.3) is 5.91 Å². The van der Waals surface area contributed by atoms with E-state index in [2.05, 4.69) is 20.9 Å². The zero-order valence-corrected chi connectivity index (χ0v) is 21.9. The molecule has 2 heterocycles. The Morgan fingerprint density at radius 1 is 1.15 bits per heavy atom. The number of aliphatic imine (C=N–C) groups is 1. The predicted octanol–water partition coefficient (Wildman–Crippen LogP) is 4.23. The summed E-state index contributed by atoms with van der Waals surface area (Å²) in [6.45, 7) is 4.62. The van der Waals surface area contributed by atoms with Crippen molar-refractivity contribution in [3.63, 3.8) is 0 Å². The number of carbonyl (C=O) groups excluding carboxylic acids is 1. The van der Waals surface area contributed by atoms with Crippen molar-refractivity contribution in [1.82, 2.24) is 0 Å². The van der Waals surface area contributed by atoms with Crippen LogP contribution in [0.15, 0.2) is 45.9 Å². The Bertz CT molecular complexity index is 1220. The normalized spacial score (nSPS) is 22.1. The van der Waals surface area contributed by atoms with E-state index in [1.54, 1.807) is 24.3 Å². The van der Waals surface area contributed by atoms with Gasteiger partial charge in [-0.15, -0.1) is 0 Å². The van der Waals surface area contributed by atoms with Gasteiger partial charge >= 0.3 is 0 Å². The number of rotatable bonds is 7. The van der Waals surface area contributed by atoms with Crippen molar-refractivity contribution in [1.29, 1.82) is 0 Å².